The molecule has 162 valence electrons. The first-order chi connectivity index (χ1) is 14.9. The molecule has 2 aromatic carbocycles. The number of benzene rings is 2. The normalized spacial score (nSPS) is 14.7. The predicted octanol–water partition coefficient (Wildman–Crippen LogP) is 3.03. The zero-order chi connectivity index (χ0) is 22.0. The topological polar surface area (TPSA) is 91.6 Å². The van der Waals surface area contributed by atoms with Crippen LogP contribution in [-0.4, -0.2) is 60.0 Å². The maximum Gasteiger partial charge on any atom is 0.270 e. The number of halogens is 2. The minimum atomic E-state index is -0.882. The first-order valence-corrected chi connectivity index (χ1v) is 10.5. The SMILES string of the molecule is O=C(NCCN1CCN(c2nc3ccc([N+](=O)[O-])cc3s2)CC1)c1c(F)cccc1F. The Bertz CT molecular complexity index is 1110. The minimum absolute atomic E-state index is 0.0461. The van der Waals surface area contributed by atoms with Crippen molar-refractivity contribution in [1.29, 1.82) is 0 Å². The largest absolute Gasteiger partial charge is 0.351 e. The summed E-state index contributed by atoms with van der Waals surface area (Å²) < 4.78 is 28.1. The van der Waals surface area contributed by atoms with Gasteiger partial charge in [0.2, 0.25) is 0 Å². The summed E-state index contributed by atoms with van der Waals surface area (Å²) in [7, 11) is 0. The highest BCUT2D eigenvalue weighted by Gasteiger charge is 2.21. The third kappa shape index (κ3) is 4.62. The number of piperazine rings is 1. The molecule has 4 rings (SSSR count). The summed E-state index contributed by atoms with van der Waals surface area (Å²) in [5, 5.41) is 14.3. The number of nitrogens with zero attached hydrogens (tertiary/aromatic N) is 4. The number of amides is 1. The third-order valence-corrected chi connectivity index (χ3v) is 6.20. The Balaban J connectivity index is 1.28. The molecule has 0 atom stereocenters. The van der Waals surface area contributed by atoms with Crippen molar-refractivity contribution in [1.82, 2.24) is 15.2 Å². The lowest BCUT2D eigenvalue weighted by Gasteiger charge is -2.34. The van der Waals surface area contributed by atoms with E-state index in [0.717, 1.165) is 53.7 Å². The van der Waals surface area contributed by atoms with Crippen LogP contribution in [0.2, 0.25) is 0 Å². The molecule has 1 aliphatic heterocycles. The summed E-state index contributed by atoms with van der Waals surface area (Å²) in [4.78, 5) is 31.4. The highest BCUT2D eigenvalue weighted by Crippen LogP contribution is 2.31. The zero-order valence-electron chi connectivity index (χ0n) is 16.4. The fraction of sp³-hybridized carbons (Fsp3) is 0.300. The van der Waals surface area contributed by atoms with Crippen LogP contribution in [0, 0.1) is 21.7 Å². The summed E-state index contributed by atoms with van der Waals surface area (Å²) in [5.41, 5.74) is 0.212. The molecule has 8 nitrogen and oxygen atoms in total. The number of aromatic nitrogens is 1. The van der Waals surface area contributed by atoms with E-state index in [1.54, 1.807) is 6.07 Å². The van der Waals surface area contributed by atoms with E-state index in [0.29, 0.717) is 6.54 Å². The van der Waals surface area contributed by atoms with Crippen LogP contribution < -0.4 is 10.2 Å². The molecule has 0 bridgehead atoms. The highest BCUT2D eigenvalue weighted by molar-refractivity contribution is 7.22. The van der Waals surface area contributed by atoms with Crippen LogP contribution in [0.25, 0.3) is 10.2 Å². The molecule has 0 unspecified atom stereocenters. The molecule has 0 aliphatic carbocycles. The number of hydrogen-bond donors (Lipinski definition) is 1. The quantitative estimate of drug-likeness (QED) is 0.461. The monoisotopic (exact) mass is 447 g/mol. The highest BCUT2D eigenvalue weighted by atomic mass is 32.1. The number of fused-ring (bicyclic) bond motifs is 1. The van der Waals surface area contributed by atoms with Gasteiger partial charge < -0.3 is 10.2 Å². The third-order valence-electron chi connectivity index (χ3n) is 5.12. The van der Waals surface area contributed by atoms with Gasteiger partial charge in [-0.2, -0.15) is 0 Å². The van der Waals surface area contributed by atoms with Crippen LogP contribution in [0.4, 0.5) is 19.6 Å². The summed E-state index contributed by atoms with van der Waals surface area (Å²) in [6.45, 7) is 3.74. The van der Waals surface area contributed by atoms with Gasteiger partial charge in [0.05, 0.1) is 15.1 Å². The van der Waals surface area contributed by atoms with Crippen LogP contribution in [0.5, 0.6) is 0 Å². The Morgan fingerprint density at radius 3 is 2.55 bits per heavy atom. The van der Waals surface area contributed by atoms with Gasteiger partial charge >= 0.3 is 0 Å². The molecular formula is C20H19F2N5O3S. The van der Waals surface area contributed by atoms with Crippen LogP contribution >= 0.6 is 11.3 Å². The second-order valence-electron chi connectivity index (χ2n) is 7.09. The van der Waals surface area contributed by atoms with Gasteiger partial charge in [0.25, 0.3) is 11.6 Å². The Morgan fingerprint density at radius 1 is 1.16 bits per heavy atom. The smallest absolute Gasteiger partial charge is 0.270 e. The van der Waals surface area contributed by atoms with Crippen LogP contribution in [0.15, 0.2) is 36.4 Å². The van der Waals surface area contributed by atoms with E-state index in [1.165, 1.54) is 29.5 Å². The number of thiazole rings is 1. The molecule has 1 saturated heterocycles. The van der Waals surface area contributed by atoms with Gasteiger partial charge in [-0.15, -0.1) is 0 Å². The summed E-state index contributed by atoms with van der Waals surface area (Å²) in [6, 6.07) is 7.96. The number of rotatable bonds is 6. The maximum absolute atomic E-state index is 13.7. The van der Waals surface area contributed by atoms with Crippen LogP contribution in [-0.2, 0) is 0 Å². The van der Waals surface area contributed by atoms with Crippen molar-refractivity contribution in [2.75, 3.05) is 44.2 Å². The minimum Gasteiger partial charge on any atom is -0.351 e. The number of hydrogen-bond acceptors (Lipinski definition) is 7. The summed E-state index contributed by atoms with van der Waals surface area (Å²) in [5.74, 6) is -2.53. The van der Waals surface area contributed by atoms with E-state index in [9.17, 15) is 23.7 Å². The molecule has 1 aromatic heterocycles. The first-order valence-electron chi connectivity index (χ1n) is 9.67. The van der Waals surface area contributed by atoms with Crippen molar-refractivity contribution < 1.29 is 18.5 Å². The van der Waals surface area contributed by atoms with E-state index < -0.39 is 28.0 Å². The number of nitrogens with one attached hydrogen (secondary N) is 1. The lowest BCUT2D eigenvalue weighted by Crippen LogP contribution is -2.48. The Labute approximate surface area is 180 Å². The molecule has 0 saturated carbocycles. The number of carbonyl (C=O) groups excluding carboxylic acids is 1. The predicted molar refractivity (Wildman–Crippen MR) is 114 cm³/mol. The van der Waals surface area contributed by atoms with Crippen molar-refractivity contribution in [3.8, 4) is 0 Å². The Morgan fingerprint density at radius 2 is 1.87 bits per heavy atom. The molecule has 1 amide bonds. The van der Waals surface area contributed by atoms with Crippen LogP contribution in [0.3, 0.4) is 0 Å². The molecule has 3 aromatic rings. The molecular weight excluding hydrogens is 428 g/mol. The fourth-order valence-electron chi connectivity index (χ4n) is 3.44. The van der Waals surface area contributed by atoms with E-state index in [1.807, 2.05) is 0 Å². The van der Waals surface area contributed by atoms with Gasteiger partial charge in [-0.1, -0.05) is 17.4 Å². The number of anilines is 1. The maximum atomic E-state index is 13.7. The van der Waals surface area contributed by atoms with Crippen molar-refractivity contribution in [2.24, 2.45) is 0 Å². The van der Waals surface area contributed by atoms with E-state index >= 15 is 0 Å². The second-order valence-corrected chi connectivity index (χ2v) is 8.10. The number of non-ortho nitro benzene ring substituents is 1. The molecule has 2 heterocycles. The van der Waals surface area contributed by atoms with Crippen LogP contribution in [0.1, 0.15) is 10.4 Å². The molecule has 31 heavy (non-hydrogen) atoms. The fourth-order valence-corrected chi connectivity index (χ4v) is 4.49. The van der Waals surface area contributed by atoms with Gasteiger partial charge in [0.15, 0.2) is 5.13 Å². The number of nitro benzene ring substituents is 1. The van der Waals surface area contributed by atoms with Gasteiger partial charge in [0.1, 0.15) is 17.2 Å². The first kappa shape index (κ1) is 21.1. The van der Waals surface area contributed by atoms with Crippen molar-refractivity contribution in [2.45, 2.75) is 0 Å². The average Bonchev–Trinajstić information content (AvgIpc) is 3.17. The summed E-state index contributed by atoms with van der Waals surface area (Å²) in [6.07, 6.45) is 0. The lowest BCUT2D eigenvalue weighted by atomic mass is 10.2. The van der Waals surface area contributed by atoms with Crippen molar-refractivity contribution in [3.05, 3.63) is 63.7 Å². The molecule has 0 spiro atoms. The zero-order valence-corrected chi connectivity index (χ0v) is 17.2. The van der Waals surface area contributed by atoms with Gasteiger partial charge in [0, 0.05) is 51.4 Å². The Hall–Kier alpha value is -3.18. The van der Waals surface area contributed by atoms with Crippen molar-refractivity contribution >= 4 is 38.3 Å². The number of nitro groups is 1. The second kappa shape index (κ2) is 8.90. The Kier molecular flexibility index (Phi) is 6.05. The average molecular weight is 447 g/mol. The number of carbonyl (C=O) groups is 1. The molecule has 1 fully saturated rings. The molecule has 0 radical (unpaired) electrons. The standard InChI is InChI=1S/C20H19F2N5O3S/c21-14-2-1-3-15(22)18(14)19(28)23-6-7-25-8-10-26(11-9-25)20-24-16-5-4-13(27(29)30)12-17(16)31-20/h1-5,12H,6-11H2,(H,23,28). The molecule has 1 N–H and O–H groups in total. The molecule has 1 aliphatic rings. The van der Waals surface area contributed by atoms with E-state index in [4.69, 9.17) is 0 Å². The van der Waals surface area contributed by atoms with E-state index in [-0.39, 0.29) is 12.2 Å². The molecule has 11 heteroatoms. The lowest BCUT2D eigenvalue weighted by molar-refractivity contribution is -0.384. The summed E-state index contributed by atoms with van der Waals surface area (Å²) >= 11 is 1.42. The van der Waals surface area contributed by atoms with Gasteiger partial charge in [-0.3, -0.25) is 19.8 Å². The van der Waals surface area contributed by atoms with Gasteiger partial charge in [-0.05, 0) is 18.2 Å². The van der Waals surface area contributed by atoms with Gasteiger partial charge in [-0.25, -0.2) is 13.8 Å². The van der Waals surface area contributed by atoms with Crippen molar-refractivity contribution in [3.63, 3.8) is 0 Å². The van der Waals surface area contributed by atoms with E-state index in [2.05, 4.69) is 20.1 Å².